The Hall–Kier alpha value is -1.75. The number of benzene rings is 1. The molecule has 1 aromatic heterocycles. The van der Waals surface area contributed by atoms with Crippen molar-refractivity contribution in [1.82, 2.24) is 9.78 Å². The van der Waals surface area contributed by atoms with Crippen LogP contribution >= 0.6 is 0 Å². The van der Waals surface area contributed by atoms with Crippen molar-refractivity contribution >= 4 is 14.0 Å². The minimum atomic E-state index is -1.80. The predicted molar refractivity (Wildman–Crippen MR) is 98.2 cm³/mol. The fourth-order valence-electron chi connectivity index (χ4n) is 2.28. The van der Waals surface area contributed by atoms with Crippen LogP contribution in [0, 0.1) is 0 Å². The molecule has 1 aliphatic carbocycles. The summed E-state index contributed by atoms with van der Waals surface area (Å²) in [6.45, 7) is 11.3. The van der Waals surface area contributed by atoms with Crippen LogP contribution in [0.25, 0.3) is 11.3 Å². The number of rotatable bonds is 4. The first kappa shape index (κ1) is 16.1. The van der Waals surface area contributed by atoms with Gasteiger partial charge in [-0.05, 0) is 55.2 Å². The number of anilines is 1. The second-order valence-electron chi connectivity index (χ2n) is 8.03. The molecule has 0 unspecified atom stereocenters. The van der Waals surface area contributed by atoms with Gasteiger partial charge < -0.3 is 10.2 Å². The van der Waals surface area contributed by atoms with Gasteiger partial charge in [-0.1, -0.05) is 20.8 Å². The lowest BCUT2D eigenvalue weighted by Gasteiger charge is -2.36. The van der Waals surface area contributed by atoms with Gasteiger partial charge in [-0.3, -0.25) is 4.68 Å². The summed E-state index contributed by atoms with van der Waals surface area (Å²) in [5, 5.41) is 4.84. The molecule has 124 valence electrons. The second-order valence-corrected chi connectivity index (χ2v) is 12.8. The molecule has 2 aromatic rings. The number of aromatic nitrogens is 2. The molecule has 1 aromatic carbocycles. The molecule has 1 aliphatic rings. The van der Waals surface area contributed by atoms with Gasteiger partial charge >= 0.3 is 0 Å². The lowest BCUT2D eigenvalue weighted by atomic mass is 10.1. The van der Waals surface area contributed by atoms with E-state index < -0.39 is 8.32 Å². The van der Waals surface area contributed by atoms with Crippen LogP contribution in [0.5, 0.6) is 5.75 Å². The molecular weight excluding hydrogens is 302 g/mol. The maximum Gasteiger partial charge on any atom is 0.250 e. The van der Waals surface area contributed by atoms with Crippen molar-refractivity contribution in [3.63, 3.8) is 0 Å². The first-order valence-electron chi connectivity index (χ1n) is 8.31. The normalized spacial score (nSPS) is 15.7. The summed E-state index contributed by atoms with van der Waals surface area (Å²) < 4.78 is 8.33. The molecule has 0 radical (unpaired) electrons. The van der Waals surface area contributed by atoms with Crippen LogP contribution in [-0.2, 0) is 0 Å². The molecule has 1 saturated carbocycles. The summed E-state index contributed by atoms with van der Waals surface area (Å²) in [7, 11) is -1.80. The number of nitrogen functional groups attached to an aromatic ring is 1. The van der Waals surface area contributed by atoms with Crippen molar-refractivity contribution in [3.05, 3.63) is 30.5 Å². The van der Waals surface area contributed by atoms with Gasteiger partial charge in [0.1, 0.15) is 11.4 Å². The zero-order chi connectivity index (χ0) is 16.8. The van der Waals surface area contributed by atoms with Crippen molar-refractivity contribution < 1.29 is 4.43 Å². The van der Waals surface area contributed by atoms with E-state index in [0.29, 0.717) is 6.04 Å². The third-order valence-corrected chi connectivity index (χ3v) is 9.35. The summed E-state index contributed by atoms with van der Waals surface area (Å²) in [5.74, 6) is 0.931. The van der Waals surface area contributed by atoms with Gasteiger partial charge in [0.15, 0.2) is 0 Å². The predicted octanol–water partition coefficient (Wildman–Crippen LogP) is 4.85. The van der Waals surface area contributed by atoms with Gasteiger partial charge in [-0.25, -0.2) is 0 Å². The van der Waals surface area contributed by atoms with Gasteiger partial charge in [0.25, 0.3) is 0 Å². The Labute approximate surface area is 139 Å². The number of nitrogens with zero attached hydrogens (tertiary/aromatic N) is 2. The Morgan fingerprint density at radius 2 is 1.78 bits per heavy atom. The molecule has 3 rings (SSSR count). The van der Waals surface area contributed by atoms with Crippen LogP contribution in [0.2, 0.25) is 18.1 Å². The highest BCUT2D eigenvalue weighted by Crippen LogP contribution is 2.39. The molecule has 2 N–H and O–H groups in total. The van der Waals surface area contributed by atoms with Crippen molar-refractivity contribution in [2.75, 3.05) is 5.73 Å². The Bertz CT molecular complexity index is 694. The van der Waals surface area contributed by atoms with Crippen LogP contribution in [0.15, 0.2) is 30.5 Å². The van der Waals surface area contributed by atoms with E-state index in [1.807, 2.05) is 23.0 Å². The summed E-state index contributed by atoms with van der Waals surface area (Å²) in [5.41, 5.74) is 8.79. The molecule has 0 bridgehead atoms. The maximum atomic E-state index is 6.32. The standard InChI is InChI=1S/C18H27N3OSi/c1-18(2,3)23(4,5)22-15-10-6-13(7-11-15)17-16(19)12-21(20-17)14-8-9-14/h6-7,10-12,14H,8-9,19H2,1-5H3. The first-order chi connectivity index (χ1) is 10.7. The van der Waals surface area contributed by atoms with E-state index in [1.54, 1.807) is 0 Å². The zero-order valence-corrected chi connectivity index (χ0v) is 15.8. The average Bonchev–Trinajstić information content (AvgIpc) is 3.22. The van der Waals surface area contributed by atoms with Crippen LogP contribution < -0.4 is 10.2 Å². The summed E-state index contributed by atoms with van der Waals surface area (Å²) in [6.07, 6.45) is 4.37. The van der Waals surface area contributed by atoms with Gasteiger partial charge in [0, 0.05) is 11.8 Å². The molecule has 1 heterocycles. The topological polar surface area (TPSA) is 53.1 Å². The Morgan fingerprint density at radius 1 is 1.17 bits per heavy atom. The van der Waals surface area contributed by atoms with Crippen LogP contribution in [0.1, 0.15) is 39.7 Å². The van der Waals surface area contributed by atoms with Crippen molar-refractivity contribution in [1.29, 1.82) is 0 Å². The SMILES string of the molecule is CC(C)(C)[Si](C)(C)Oc1ccc(-c2nn(C3CC3)cc2N)cc1. The minimum Gasteiger partial charge on any atom is -0.544 e. The lowest BCUT2D eigenvalue weighted by molar-refractivity contribution is 0.492. The van der Waals surface area contributed by atoms with Crippen molar-refractivity contribution in [2.45, 2.75) is 57.8 Å². The van der Waals surface area contributed by atoms with Gasteiger partial charge in [0.05, 0.1) is 11.7 Å². The third kappa shape index (κ3) is 3.29. The molecule has 0 spiro atoms. The van der Waals surface area contributed by atoms with E-state index in [9.17, 15) is 0 Å². The van der Waals surface area contributed by atoms with E-state index in [1.165, 1.54) is 12.8 Å². The van der Waals surface area contributed by atoms with E-state index >= 15 is 0 Å². The molecule has 5 heteroatoms. The van der Waals surface area contributed by atoms with E-state index in [-0.39, 0.29) is 5.04 Å². The summed E-state index contributed by atoms with van der Waals surface area (Å²) in [6, 6.07) is 8.72. The molecule has 4 nitrogen and oxygen atoms in total. The molecule has 1 fully saturated rings. The fraction of sp³-hybridized carbons (Fsp3) is 0.500. The maximum absolute atomic E-state index is 6.32. The molecule has 0 atom stereocenters. The second kappa shape index (κ2) is 5.41. The highest BCUT2D eigenvalue weighted by Gasteiger charge is 2.38. The summed E-state index contributed by atoms with van der Waals surface area (Å²) >= 11 is 0. The van der Waals surface area contributed by atoms with Crippen LogP contribution in [0.4, 0.5) is 5.69 Å². The Kier molecular flexibility index (Phi) is 3.79. The van der Waals surface area contributed by atoms with Gasteiger partial charge in [0.2, 0.25) is 8.32 Å². The monoisotopic (exact) mass is 329 g/mol. The zero-order valence-electron chi connectivity index (χ0n) is 14.8. The minimum absolute atomic E-state index is 0.194. The van der Waals surface area contributed by atoms with Crippen molar-refractivity contribution in [3.8, 4) is 17.0 Å². The van der Waals surface area contributed by atoms with E-state index in [4.69, 9.17) is 10.2 Å². The van der Waals surface area contributed by atoms with Crippen LogP contribution in [0.3, 0.4) is 0 Å². The lowest BCUT2D eigenvalue weighted by Crippen LogP contribution is -2.43. The van der Waals surface area contributed by atoms with E-state index in [2.05, 4.69) is 51.1 Å². The summed E-state index contributed by atoms with van der Waals surface area (Å²) in [4.78, 5) is 0. The van der Waals surface area contributed by atoms with Crippen LogP contribution in [-0.4, -0.2) is 18.1 Å². The van der Waals surface area contributed by atoms with Crippen molar-refractivity contribution in [2.24, 2.45) is 0 Å². The Balaban J connectivity index is 1.80. The van der Waals surface area contributed by atoms with Gasteiger partial charge in [-0.15, -0.1) is 0 Å². The number of hydrogen-bond donors (Lipinski definition) is 1. The average molecular weight is 330 g/mol. The highest BCUT2D eigenvalue weighted by molar-refractivity contribution is 6.74. The molecule has 0 amide bonds. The molecule has 23 heavy (non-hydrogen) atoms. The highest BCUT2D eigenvalue weighted by atomic mass is 28.4. The number of hydrogen-bond acceptors (Lipinski definition) is 3. The third-order valence-electron chi connectivity index (χ3n) is 4.99. The molecule has 0 aliphatic heterocycles. The molecule has 0 saturated heterocycles. The van der Waals surface area contributed by atoms with Gasteiger partial charge in [-0.2, -0.15) is 5.10 Å². The fourth-order valence-corrected chi connectivity index (χ4v) is 3.32. The quantitative estimate of drug-likeness (QED) is 0.816. The first-order valence-corrected chi connectivity index (χ1v) is 11.2. The Morgan fingerprint density at radius 3 is 2.30 bits per heavy atom. The largest absolute Gasteiger partial charge is 0.544 e. The smallest absolute Gasteiger partial charge is 0.250 e. The van der Waals surface area contributed by atoms with E-state index in [0.717, 1.165) is 22.7 Å². The molecular formula is C18H27N3OSi. The number of nitrogens with two attached hydrogens (primary N) is 1.